The first-order valence-electron chi connectivity index (χ1n) is 13.6. The smallest absolute Gasteiger partial charge is 0.247 e. The molecule has 1 aromatic carbocycles. The summed E-state index contributed by atoms with van der Waals surface area (Å²) in [6, 6.07) is 9.68. The molecule has 0 saturated carbocycles. The van der Waals surface area contributed by atoms with Gasteiger partial charge in [0.2, 0.25) is 17.7 Å². The van der Waals surface area contributed by atoms with Crippen LogP contribution in [-0.2, 0) is 14.4 Å². The van der Waals surface area contributed by atoms with Gasteiger partial charge in [0, 0.05) is 13.0 Å². The van der Waals surface area contributed by atoms with E-state index in [4.69, 9.17) is 0 Å². The summed E-state index contributed by atoms with van der Waals surface area (Å²) >= 11 is 0. The number of hydrazine groups is 1. The average Bonchev–Trinajstić information content (AvgIpc) is 2.87. The van der Waals surface area contributed by atoms with E-state index in [1.165, 1.54) is 5.01 Å². The zero-order chi connectivity index (χ0) is 27.8. The van der Waals surface area contributed by atoms with Crippen LogP contribution in [0.5, 0.6) is 0 Å². The number of hydroxylamine groups is 1. The Hall–Kier alpha value is -2.71. The topological polar surface area (TPSA) is 102 Å². The number of carbonyl (C=O) groups excluding carboxylic acids is 3. The number of amides is 3. The molecule has 37 heavy (non-hydrogen) atoms. The summed E-state index contributed by atoms with van der Waals surface area (Å²) in [6.45, 7) is 15.2. The van der Waals surface area contributed by atoms with Gasteiger partial charge in [-0.1, -0.05) is 84.0 Å². The van der Waals surface area contributed by atoms with Crippen molar-refractivity contribution >= 4 is 23.8 Å². The van der Waals surface area contributed by atoms with Gasteiger partial charge < -0.3 is 4.90 Å². The van der Waals surface area contributed by atoms with Gasteiger partial charge in [0.25, 0.3) is 0 Å². The highest BCUT2D eigenvalue weighted by Crippen LogP contribution is 2.26. The Morgan fingerprint density at radius 3 is 2.14 bits per heavy atom. The third-order valence-electron chi connectivity index (χ3n) is 6.35. The molecule has 3 amide bonds. The molecule has 0 radical (unpaired) electrons. The summed E-state index contributed by atoms with van der Waals surface area (Å²) in [7, 11) is 0. The van der Waals surface area contributed by atoms with Gasteiger partial charge in [-0.2, -0.15) is 0 Å². The normalized spacial score (nSPS) is 13.2. The Morgan fingerprint density at radius 1 is 0.946 bits per heavy atom. The first-order chi connectivity index (χ1) is 17.6. The van der Waals surface area contributed by atoms with E-state index in [-0.39, 0.29) is 30.1 Å². The maximum Gasteiger partial charge on any atom is 0.247 e. The summed E-state index contributed by atoms with van der Waals surface area (Å²) in [5.74, 6) is -2.35. The quantitative estimate of drug-likeness (QED) is 0.222. The third-order valence-corrected chi connectivity index (χ3v) is 6.35. The van der Waals surface area contributed by atoms with E-state index >= 15 is 0 Å². The minimum Gasteiger partial charge on any atom is -0.304 e. The Kier molecular flexibility index (Phi) is 15.5. The molecule has 0 aromatic heterocycles. The van der Waals surface area contributed by atoms with Crippen molar-refractivity contribution in [2.75, 3.05) is 26.2 Å². The summed E-state index contributed by atoms with van der Waals surface area (Å²) in [5.41, 5.74) is 5.56. The monoisotopic (exact) mass is 516 g/mol. The fraction of sp³-hybridized carbons (Fsp3) is 0.621. The Labute approximate surface area is 223 Å². The molecule has 0 saturated heterocycles. The van der Waals surface area contributed by atoms with Crippen LogP contribution in [0, 0.1) is 23.7 Å². The highest BCUT2D eigenvalue weighted by molar-refractivity contribution is 5.89. The predicted octanol–water partition coefficient (Wildman–Crippen LogP) is 4.51. The van der Waals surface area contributed by atoms with Crippen LogP contribution in [-0.4, -0.2) is 59.0 Å². The van der Waals surface area contributed by atoms with Crippen molar-refractivity contribution in [2.24, 2.45) is 23.7 Å². The van der Waals surface area contributed by atoms with Crippen molar-refractivity contribution in [3.8, 4) is 0 Å². The third kappa shape index (κ3) is 12.4. The number of hydrogen-bond acceptors (Lipinski definition) is 5. The van der Waals surface area contributed by atoms with Crippen molar-refractivity contribution in [3.05, 3.63) is 42.0 Å². The van der Waals surface area contributed by atoms with Gasteiger partial charge in [-0.3, -0.25) is 30.0 Å². The number of hydrogen-bond donors (Lipinski definition) is 3. The van der Waals surface area contributed by atoms with Crippen LogP contribution < -0.4 is 10.9 Å². The molecule has 1 rings (SSSR count). The number of nitrogens with one attached hydrogen (secondary N) is 2. The van der Waals surface area contributed by atoms with Crippen LogP contribution in [0.1, 0.15) is 72.8 Å². The lowest BCUT2D eigenvalue weighted by molar-refractivity contribution is -0.148. The molecule has 0 aliphatic rings. The lowest BCUT2D eigenvalue weighted by atomic mass is 9.82. The van der Waals surface area contributed by atoms with Crippen molar-refractivity contribution in [1.29, 1.82) is 0 Å². The summed E-state index contributed by atoms with van der Waals surface area (Å²) in [5, 5.41) is 10.8. The maximum absolute atomic E-state index is 13.5. The summed E-state index contributed by atoms with van der Waals surface area (Å²) in [6.07, 6.45) is 5.49. The van der Waals surface area contributed by atoms with Crippen LogP contribution in [0.3, 0.4) is 0 Å². The molecule has 0 aliphatic carbocycles. The fourth-order valence-electron chi connectivity index (χ4n) is 4.33. The SMILES string of the molecule is CCN(CC)CCCC(=O)N(CC(C)C)NC(=O)[C@H](CC(C)C)[C@H](C/C=C/c1ccccc1)C(=O)NO. The predicted molar refractivity (Wildman–Crippen MR) is 148 cm³/mol. The number of nitrogens with zero attached hydrogens (tertiary/aromatic N) is 2. The van der Waals surface area contributed by atoms with E-state index in [0.717, 1.165) is 25.2 Å². The lowest BCUT2D eigenvalue weighted by Gasteiger charge is -2.31. The van der Waals surface area contributed by atoms with Crippen LogP contribution in [0.25, 0.3) is 6.08 Å². The second-order valence-electron chi connectivity index (χ2n) is 10.4. The highest BCUT2D eigenvalue weighted by Gasteiger charge is 2.35. The van der Waals surface area contributed by atoms with E-state index in [1.54, 1.807) is 5.48 Å². The molecule has 2 atom stereocenters. The van der Waals surface area contributed by atoms with Crippen LogP contribution in [0.15, 0.2) is 36.4 Å². The first-order valence-corrected chi connectivity index (χ1v) is 13.6. The van der Waals surface area contributed by atoms with E-state index in [1.807, 2.05) is 70.2 Å². The second-order valence-corrected chi connectivity index (χ2v) is 10.4. The number of allylic oxidation sites excluding steroid dienone is 1. The van der Waals surface area contributed by atoms with Crippen LogP contribution in [0.4, 0.5) is 0 Å². The second kappa shape index (κ2) is 17.7. The molecule has 0 aliphatic heterocycles. The van der Waals surface area contributed by atoms with E-state index < -0.39 is 17.7 Å². The number of benzene rings is 1. The Balaban J connectivity index is 3.05. The van der Waals surface area contributed by atoms with Gasteiger partial charge in [-0.25, -0.2) is 5.48 Å². The van der Waals surface area contributed by atoms with E-state index in [0.29, 0.717) is 25.8 Å². The standard InChI is InChI=1S/C29H48N4O4/c1-7-32(8-2)19-13-18-27(34)33(21-23(5)6)30-28(35)26(20-22(3)4)25(29(36)31-37)17-12-16-24-14-10-9-11-15-24/h9-12,14-16,22-23,25-26,37H,7-8,13,17-21H2,1-6H3,(H,30,35)(H,31,36)/b16-12+/t25-,26+/m0/s1. The lowest BCUT2D eigenvalue weighted by Crippen LogP contribution is -2.52. The molecular weight excluding hydrogens is 468 g/mol. The number of rotatable bonds is 16. The Bertz CT molecular complexity index is 838. The average molecular weight is 517 g/mol. The van der Waals surface area contributed by atoms with Crippen molar-refractivity contribution in [3.63, 3.8) is 0 Å². The number of carbonyl (C=O) groups is 3. The van der Waals surface area contributed by atoms with Gasteiger partial charge in [-0.05, 0) is 56.3 Å². The maximum atomic E-state index is 13.5. The molecule has 0 unspecified atom stereocenters. The molecule has 0 fully saturated rings. The van der Waals surface area contributed by atoms with Crippen LogP contribution >= 0.6 is 0 Å². The van der Waals surface area contributed by atoms with Crippen molar-refractivity contribution in [1.82, 2.24) is 20.8 Å². The van der Waals surface area contributed by atoms with Gasteiger partial charge in [-0.15, -0.1) is 0 Å². The molecule has 3 N–H and O–H groups in total. The molecule has 0 bridgehead atoms. The van der Waals surface area contributed by atoms with Crippen LogP contribution in [0.2, 0.25) is 0 Å². The zero-order valence-corrected chi connectivity index (χ0v) is 23.6. The summed E-state index contributed by atoms with van der Waals surface area (Å²) < 4.78 is 0. The molecular formula is C29H48N4O4. The first kappa shape index (κ1) is 32.3. The molecule has 0 spiro atoms. The van der Waals surface area contributed by atoms with E-state index in [2.05, 4.69) is 24.2 Å². The van der Waals surface area contributed by atoms with Crippen molar-refractivity contribution < 1.29 is 19.6 Å². The van der Waals surface area contributed by atoms with Gasteiger partial charge in [0.1, 0.15) is 0 Å². The molecule has 8 nitrogen and oxygen atoms in total. The van der Waals surface area contributed by atoms with Gasteiger partial charge >= 0.3 is 0 Å². The molecule has 1 aromatic rings. The minimum atomic E-state index is -0.786. The minimum absolute atomic E-state index is 0.131. The van der Waals surface area contributed by atoms with Gasteiger partial charge in [0.05, 0.1) is 11.8 Å². The molecule has 8 heteroatoms. The fourth-order valence-corrected chi connectivity index (χ4v) is 4.33. The highest BCUT2D eigenvalue weighted by atomic mass is 16.5. The summed E-state index contributed by atoms with van der Waals surface area (Å²) in [4.78, 5) is 41.6. The molecule has 0 heterocycles. The zero-order valence-electron chi connectivity index (χ0n) is 23.6. The van der Waals surface area contributed by atoms with E-state index in [9.17, 15) is 19.6 Å². The Morgan fingerprint density at radius 2 is 1.59 bits per heavy atom. The van der Waals surface area contributed by atoms with Crippen molar-refractivity contribution in [2.45, 2.75) is 67.2 Å². The largest absolute Gasteiger partial charge is 0.304 e. The van der Waals surface area contributed by atoms with Gasteiger partial charge in [0.15, 0.2) is 0 Å². The molecule has 208 valence electrons.